The van der Waals surface area contributed by atoms with Gasteiger partial charge in [-0.3, -0.25) is 0 Å². The van der Waals surface area contributed by atoms with Crippen LogP contribution in [0.2, 0.25) is 0 Å². The van der Waals surface area contributed by atoms with Crippen molar-refractivity contribution in [1.29, 1.82) is 0 Å². The summed E-state index contributed by atoms with van der Waals surface area (Å²) in [6.07, 6.45) is 5.18. The maximum absolute atomic E-state index is 13.5. The molecule has 1 rings (SSSR count). The Bertz CT molecular complexity index is 383. The van der Waals surface area contributed by atoms with Crippen LogP contribution in [0.15, 0.2) is 18.2 Å². The van der Waals surface area contributed by atoms with Crippen LogP contribution in [0.4, 0.5) is 4.39 Å². The summed E-state index contributed by atoms with van der Waals surface area (Å²) in [4.78, 5) is 0. The molecule has 0 fully saturated rings. The molecule has 80 valence electrons. The van der Waals surface area contributed by atoms with Gasteiger partial charge in [-0.25, -0.2) is 4.39 Å². The maximum atomic E-state index is 13.5. The molecule has 0 aliphatic rings. The summed E-state index contributed by atoms with van der Waals surface area (Å²) in [5.74, 6) is 2.16. The van der Waals surface area contributed by atoms with E-state index < -0.39 is 0 Å². The lowest BCUT2D eigenvalue weighted by molar-refractivity contribution is 0.418. The van der Waals surface area contributed by atoms with E-state index in [-0.39, 0.29) is 11.4 Å². The van der Waals surface area contributed by atoms with Gasteiger partial charge in [0.05, 0.1) is 0 Å². The molecule has 0 saturated carbocycles. The van der Waals surface area contributed by atoms with Crippen molar-refractivity contribution in [2.24, 2.45) is 0 Å². The topological polar surface area (TPSA) is 12.0 Å². The Labute approximate surface area is 90.7 Å². The Hall–Kier alpha value is -1.33. The van der Waals surface area contributed by atoms with Crippen LogP contribution in [0.3, 0.4) is 0 Å². The van der Waals surface area contributed by atoms with E-state index in [1.54, 1.807) is 12.1 Å². The van der Waals surface area contributed by atoms with Gasteiger partial charge in [-0.2, -0.15) is 0 Å². The predicted molar refractivity (Wildman–Crippen MR) is 60.9 cm³/mol. The van der Waals surface area contributed by atoms with Crippen molar-refractivity contribution in [3.05, 3.63) is 35.1 Å². The Morgan fingerprint density at radius 2 is 2.07 bits per heavy atom. The van der Waals surface area contributed by atoms with Gasteiger partial charge < -0.3 is 5.32 Å². The van der Waals surface area contributed by atoms with E-state index in [4.69, 9.17) is 6.42 Å². The van der Waals surface area contributed by atoms with Crippen LogP contribution in [0.5, 0.6) is 0 Å². The average molecular weight is 205 g/mol. The molecule has 0 unspecified atom stereocenters. The molecule has 15 heavy (non-hydrogen) atoms. The summed E-state index contributed by atoms with van der Waals surface area (Å²) < 4.78 is 13.5. The second-order valence-corrected chi connectivity index (χ2v) is 4.55. The molecule has 1 aromatic rings. The molecular weight excluding hydrogens is 189 g/mol. The van der Waals surface area contributed by atoms with Crippen molar-refractivity contribution in [2.75, 3.05) is 0 Å². The van der Waals surface area contributed by atoms with Gasteiger partial charge in [0.1, 0.15) is 5.82 Å². The number of hydrogen-bond acceptors (Lipinski definition) is 1. The molecular formula is C13H16FN. The van der Waals surface area contributed by atoms with E-state index >= 15 is 0 Å². The van der Waals surface area contributed by atoms with Crippen LogP contribution in [-0.4, -0.2) is 5.54 Å². The second-order valence-electron chi connectivity index (χ2n) is 4.55. The minimum absolute atomic E-state index is 0.0166. The maximum Gasteiger partial charge on any atom is 0.128 e. The molecule has 0 saturated heterocycles. The number of terminal acetylenes is 1. The fourth-order valence-corrected chi connectivity index (χ4v) is 1.14. The summed E-state index contributed by atoms with van der Waals surface area (Å²) in [6, 6.07) is 4.87. The van der Waals surface area contributed by atoms with Crippen molar-refractivity contribution < 1.29 is 4.39 Å². The molecule has 1 nitrogen and oxygen atoms in total. The molecule has 0 atom stereocenters. The van der Waals surface area contributed by atoms with E-state index in [0.717, 1.165) is 0 Å². The molecule has 0 aliphatic heterocycles. The summed E-state index contributed by atoms with van der Waals surface area (Å²) >= 11 is 0. The lowest BCUT2D eigenvalue weighted by Crippen LogP contribution is -2.35. The Balaban J connectivity index is 2.76. The zero-order valence-electron chi connectivity index (χ0n) is 9.39. The molecule has 0 spiro atoms. The van der Waals surface area contributed by atoms with Crippen molar-refractivity contribution in [3.63, 3.8) is 0 Å². The minimum Gasteiger partial charge on any atom is -0.308 e. The molecule has 0 radical (unpaired) electrons. The molecule has 0 aromatic heterocycles. The zero-order valence-corrected chi connectivity index (χ0v) is 9.39. The third kappa shape index (κ3) is 3.73. The Morgan fingerprint density at radius 3 is 2.53 bits per heavy atom. The van der Waals surface area contributed by atoms with Crippen molar-refractivity contribution in [2.45, 2.75) is 32.9 Å². The predicted octanol–water partition coefficient (Wildman–Crippen LogP) is 2.70. The summed E-state index contributed by atoms with van der Waals surface area (Å²) in [7, 11) is 0. The third-order valence-electron chi connectivity index (χ3n) is 2.03. The number of hydrogen-bond donors (Lipinski definition) is 1. The minimum atomic E-state index is -0.248. The normalized spacial score (nSPS) is 11.1. The lowest BCUT2D eigenvalue weighted by atomic mass is 10.1. The number of nitrogens with one attached hydrogen (secondary N) is 1. The zero-order chi connectivity index (χ0) is 11.5. The molecule has 0 aliphatic carbocycles. The van der Waals surface area contributed by atoms with E-state index in [9.17, 15) is 4.39 Å². The molecule has 0 heterocycles. The van der Waals surface area contributed by atoms with Gasteiger partial charge in [0.2, 0.25) is 0 Å². The van der Waals surface area contributed by atoms with Gasteiger partial charge in [0, 0.05) is 23.2 Å². The smallest absolute Gasteiger partial charge is 0.128 e. The number of rotatable bonds is 2. The molecule has 0 amide bonds. The first kappa shape index (κ1) is 11.7. The molecule has 0 bridgehead atoms. The number of halogens is 1. The van der Waals surface area contributed by atoms with Gasteiger partial charge in [0.15, 0.2) is 0 Å². The van der Waals surface area contributed by atoms with E-state index in [0.29, 0.717) is 17.7 Å². The molecule has 1 N–H and O–H groups in total. The average Bonchev–Trinajstić information content (AvgIpc) is 2.14. The first-order valence-electron chi connectivity index (χ1n) is 4.92. The van der Waals surface area contributed by atoms with E-state index in [1.807, 2.05) is 20.8 Å². The Morgan fingerprint density at radius 1 is 1.40 bits per heavy atom. The summed E-state index contributed by atoms with van der Waals surface area (Å²) in [5, 5.41) is 3.22. The molecule has 1 aromatic carbocycles. The first-order valence-corrected chi connectivity index (χ1v) is 4.92. The van der Waals surface area contributed by atoms with Gasteiger partial charge >= 0.3 is 0 Å². The first-order chi connectivity index (χ1) is 6.92. The quantitative estimate of drug-likeness (QED) is 0.732. The van der Waals surface area contributed by atoms with Crippen LogP contribution in [-0.2, 0) is 6.54 Å². The van der Waals surface area contributed by atoms with Gasteiger partial charge in [-0.1, -0.05) is 12.0 Å². The fraction of sp³-hybridized carbons (Fsp3) is 0.385. The summed E-state index contributed by atoms with van der Waals surface area (Å²) in [6.45, 7) is 6.64. The van der Waals surface area contributed by atoms with Gasteiger partial charge in [-0.15, -0.1) is 6.42 Å². The Kier molecular flexibility index (Phi) is 3.49. The highest BCUT2D eigenvalue weighted by Crippen LogP contribution is 2.11. The monoisotopic (exact) mass is 205 g/mol. The number of benzene rings is 1. The van der Waals surface area contributed by atoms with Crippen molar-refractivity contribution >= 4 is 0 Å². The van der Waals surface area contributed by atoms with Crippen LogP contribution in [0, 0.1) is 18.2 Å². The van der Waals surface area contributed by atoms with Crippen LogP contribution in [0.25, 0.3) is 0 Å². The highest BCUT2D eigenvalue weighted by molar-refractivity contribution is 5.35. The van der Waals surface area contributed by atoms with E-state index in [1.165, 1.54) is 6.07 Å². The third-order valence-corrected chi connectivity index (χ3v) is 2.03. The standard InChI is InChI=1S/C13H16FN/c1-5-10-6-7-11(12(14)8-10)9-15-13(2,3)4/h1,6-8,15H,9H2,2-4H3. The van der Waals surface area contributed by atoms with Crippen molar-refractivity contribution in [1.82, 2.24) is 5.32 Å². The lowest BCUT2D eigenvalue weighted by Gasteiger charge is -2.20. The van der Waals surface area contributed by atoms with Crippen molar-refractivity contribution in [3.8, 4) is 12.3 Å². The van der Waals surface area contributed by atoms with Crippen LogP contribution < -0.4 is 5.32 Å². The second kappa shape index (κ2) is 4.46. The van der Waals surface area contributed by atoms with Crippen LogP contribution in [0.1, 0.15) is 31.9 Å². The van der Waals surface area contributed by atoms with Gasteiger partial charge in [0.25, 0.3) is 0 Å². The van der Waals surface area contributed by atoms with E-state index in [2.05, 4.69) is 11.2 Å². The highest BCUT2D eigenvalue weighted by atomic mass is 19.1. The summed E-state index contributed by atoms with van der Waals surface area (Å²) in [5.41, 5.74) is 1.20. The van der Waals surface area contributed by atoms with Crippen LogP contribution >= 0.6 is 0 Å². The molecule has 2 heteroatoms. The largest absolute Gasteiger partial charge is 0.308 e. The SMILES string of the molecule is C#Cc1ccc(CNC(C)(C)C)c(F)c1. The highest BCUT2D eigenvalue weighted by Gasteiger charge is 2.10. The van der Waals surface area contributed by atoms with Gasteiger partial charge in [-0.05, 0) is 32.9 Å². The fourth-order valence-electron chi connectivity index (χ4n) is 1.14.